The molecule has 0 aromatic carbocycles. The van der Waals surface area contributed by atoms with Crippen LogP contribution in [0.2, 0.25) is 0 Å². The first-order valence-corrected chi connectivity index (χ1v) is 10.2. The maximum absolute atomic E-state index is 10.4. The second-order valence-electron chi connectivity index (χ2n) is 6.93. The van der Waals surface area contributed by atoms with Gasteiger partial charge in [-0.15, -0.1) is 0 Å². The van der Waals surface area contributed by atoms with Crippen LogP contribution in [0, 0.1) is 0 Å². The van der Waals surface area contributed by atoms with E-state index in [4.69, 9.17) is 25.5 Å². The molecule has 0 atom stereocenters. The van der Waals surface area contributed by atoms with Crippen molar-refractivity contribution in [1.82, 2.24) is 0 Å². The molecule has 0 aliphatic rings. The molecule has 0 aliphatic heterocycles. The molecular weight excluding hydrogens is 504 g/mol. The van der Waals surface area contributed by atoms with Gasteiger partial charge in [0.2, 0.25) is 0 Å². The predicted octanol–water partition coefficient (Wildman–Crippen LogP) is 4.36. The number of carboxylic acid groups (broad SMARTS) is 5. The lowest BCUT2D eigenvalue weighted by molar-refractivity contribution is -0.138. The maximum atomic E-state index is 10.4. The van der Waals surface area contributed by atoms with Gasteiger partial charge in [-0.25, -0.2) is 28.8 Å². The van der Waals surface area contributed by atoms with Crippen molar-refractivity contribution in [3.8, 4) is 0 Å². The number of carboxylic acids is 5. The molecule has 216 valence electrons. The summed E-state index contributed by atoms with van der Waals surface area (Å²) in [6.07, 6.45) is 0. The molecule has 0 bridgehead atoms. The van der Waals surface area contributed by atoms with Crippen molar-refractivity contribution < 1.29 is 59.0 Å². The SMILES string of the molecule is C=C(C)C(=O)O.C=C(C)C(=O)O.C=C(C)C(=O)O.C=C(C)C(=O)O.C=C(C)C(=O)O.C=C(C)C(=O)OCC. The number of esters is 1. The van der Waals surface area contributed by atoms with Crippen molar-refractivity contribution in [3.63, 3.8) is 0 Å². The molecule has 0 aromatic heterocycles. The average Bonchev–Trinajstić information content (AvgIpc) is 2.75. The zero-order valence-corrected chi connectivity index (χ0v) is 23.0. The zero-order valence-electron chi connectivity index (χ0n) is 23.0. The van der Waals surface area contributed by atoms with Gasteiger partial charge in [0.15, 0.2) is 0 Å². The maximum Gasteiger partial charge on any atom is 0.333 e. The second-order valence-corrected chi connectivity index (χ2v) is 6.93. The highest BCUT2D eigenvalue weighted by atomic mass is 16.5. The Labute approximate surface area is 223 Å². The van der Waals surface area contributed by atoms with E-state index in [-0.39, 0.29) is 33.8 Å². The Kier molecular flexibility index (Phi) is 34.9. The first-order valence-electron chi connectivity index (χ1n) is 10.2. The van der Waals surface area contributed by atoms with E-state index >= 15 is 0 Å². The van der Waals surface area contributed by atoms with Crippen molar-refractivity contribution in [3.05, 3.63) is 72.9 Å². The summed E-state index contributed by atoms with van der Waals surface area (Å²) in [6.45, 7) is 30.2. The summed E-state index contributed by atoms with van der Waals surface area (Å²) in [5.74, 6) is -4.99. The van der Waals surface area contributed by atoms with Crippen molar-refractivity contribution in [2.24, 2.45) is 0 Å². The molecule has 0 spiro atoms. The minimum absolute atomic E-state index is 0.176. The number of hydrogen-bond acceptors (Lipinski definition) is 7. The van der Waals surface area contributed by atoms with Crippen LogP contribution in [0.1, 0.15) is 48.5 Å². The highest BCUT2D eigenvalue weighted by Gasteiger charge is 1.98. The topological polar surface area (TPSA) is 213 Å². The van der Waals surface area contributed by atoms with E-state index in [1.165, 1.54) is 34.6 Å². The molecule has 0 radical (unpaired) electrons. The van der Waals surface area contributed by atoms with E-state index in [2.05, 4.69) is 44.2 Å². The Morgan fingerprint density at radius 2 is 0.579 bits per heavy atom. The fraction of sp³-hybridized carbons (Fsp3) is 0.308. The molecule has 12 heteroatoms. The van der Waals surface area contributed by atoms with Gasteiger partial charge in [-0.3, -0.25) is 0 Å². The minimum Gasteiger partial charge on any atom is -0.478 e. The van der Waals surface area contributed by atoms with Crippen LogP contribution in [0.25, 0.3) is 0 Å². The van der Waals surface area contributed by atoms with Gasteiger partial charge in [-0.2, -0.15) is 0 Å². The van der Waals surface area contributed by atoms with Gasteiger partial charge >= 0.3 is 35.8 Å². The molecular formula is C26H40O12. The minimum atomic E-state index is -0.935. The van der Waals surface area contributed by atoms with E-state index in [9.17, 15) is 28.8 Å². The van der Waals surface area contributed by atoms with E-state index in [1.54, 1.807) is 13.8 Å². The summed E-state index contributed by atoms with van der Waals surface area (Å²) in [4.78, 5) is 58.4. The number of aliphatic carboxylic acids is 5. The molecule has 5 N–H and O–H groups in total. The normalized spacial score (nSPS) is 7.66. The quantitative estimate of drug-likeness (QED) is 0.223. The molecule has 38 heavy (non-hydrogen) atoms. The number of rotatable bonds is 7. The van der Waals surface area contributed by atoms with Crippen LogP contribution in [0.3, 0.4) is 0 Å². The summed E-state index contributed by atoms with van der Waals surface area (Å²) in [5.41, 5.74) is 1.33. The van der Waals surface area contributed by atoms with Crippen LogP contribution in [0.15, 0.2) is 72.9 Å². The molecule has 0 aliphatic carbocycles. The number of carbonyl (C=O) groups excluding carboxylic acids is 1. The van der Waals surface area contributed by atoms with Crippen LogP contribution in [-0.4, -0.2) is 68.0 Å². The fourth-order valence-corrected chi connectivity index (χ4v) is 0.254. The van der Waals surface area contributed by atoms with Crippen LogP contribution in [0.5, 0.6) is 0 Å². The van der Waals surface area contributed by atoms with Crippen LogP contribution < -0.4 is 0 Å². The number of carbonyl (C=O) groups is 6. The van der Waals surface area contributed by atoms with Gasteiger partial charge in [0.25, 0.3) is 0 Å². The second kappa shape index (κ2) is 28.5. The summed E-state index contributed by atoms with van der Waals surface area (Å²) in [5, 5.41) is 39.5. The Balaban J connectivity index is -0.0000000812. The largest absolute Gasteiger partial charge is 0.478 e. The molecule has 0 saturated heterocycles. The summed E-state index contributed by atoms with van der Waals surface area (Å²) < 4.78 is 4.56. The monoisotopic (exact) mass is 544 g/mol. The van der Waals surface area contributed by atoms with Crippen molar-refractivity contribution >= 4 is 35.8 Å². The first kappa shape index (κ1) is 46.6. The third kappa shape index (κ3) is 57.8. The Bertz CT molecular complexity index is 706. The third-order valence-corrected chi connectivity index (χ3v) is 2.45. The highest BCUT2D eigenvalue weighted by molar-refractivity contribution is 5.87. The molecule has 0 heterocycles. The predicted molar refractivity (Wildman–Crippen MR) is 144 cm³/mol. The lowest BCUT2D eigenvalue weighted by Crippen LogP contribution is -2.03. The van der Waals surface area contributed by atoms with Gasteiger partial charge in [-0.05, 0) is 48.5 Å². The van der Waals surface area contributed by atoms with Crippen molar-refractivity contribution in [1.29, 1.82) is 0 Å². The lowest BCUT2D eigenvalue weighted by atomic mass is 10.4. The van der Waals surface area contributed by atoms with Crippen molar-refractivity contribution in [2.45, 2.75) is 48.5 Å². The van der Waals surface area contributed by atoms with Crippen LogP contribution in [0.4, 0.5) is 0 Å². The lowest BCUT2D eigenvalue weighted by Gasteiger charge is -1.96. The van der Waals surface area contributed by atoms with Gasteiger partial charge in [0.1, 0.15) is 0 Å². The fourth-order valence-electron chi connectivity index (χ4n) is 0.254. The molecule has 0 rings (SSSR count). The summed E-state index contributed by atoms with van der Waals surface area (Å²) in [6, 6.07) is 0. The molecule has 0 aromatic rings. The molecule has 0 amide bonds. The van der Waals surface area contributed by atoms with Gasteiger partial charge < -0.3 is 30.3 Å². The van der Waals surface area contributed by atoms with Gasteiger partial charge in [0, 0.05) is 33.4 Å². The number of ether oxygens (including phenoxy) is 1. The Morgan fingerprint density at radius 3 is 0.605 bits per heavy atom. The summed E-state index contributed by atoms with van der Waals surface area (Å²) in [7, 11) is 0. The molecule has 0 unspecified atom stereocenters. The standard InChI is InChI=1S/C6H10O2.5C4H6O2/c1-4-8-6(7)5(2)3;5*1-3(2)4(5)6/h2,4H2,1,3H3;5*1H2,2H3,(H,5,6). The first-order chi connectivity index (χ1) is 16.9. The van der Waals surface area contributed by atoms with E-state index < -0.39 is 29.8 Å². The van der Waals surface area contributed by atoms with Crippen molar-refractivity contribution in [2.75, 3.05) is 6.61 Å². The van der Waals surface area contributed by atoms with Gasteiger partial charge in [-0.1, -0.05) is 39.5 Å². The Hall–Kier alpha value is -4.74. The zero-order chi connectivity index (χ0) is 32.3. The van der Waals surface area contributed by atoms with Crippen LogP contribution in [-0.2, 0) is 33.5 Å². The van der Waals surface area contributed by atoms with E-state index in [0.29, 0.717) is 12.2 Å². The Morgan fingerprint density at radius 1 is 0.447 bits per heavy atom. The number of hydrogen-bond donors (Lipinski definition) is 5. The van der Waals surface area contributed by atoms with E-state index in [1.807, 2.05) is 0 Å². The van der Waals surface area contributed by atoms with E-state index in [0.717, 1.165) is 0 Å². The molecule has 12 nitrogen and oxygen atoms in total. The highest BCUT2D eigenvalue weighted by Crippen LogP contribution is 1.89. The average molecular weight is 545 g/mol. The smallest absolute Gasteiger partial charge is 0.333 e. The summed E-state index contributed by atoms with van der Waals surface area (Å²) >= 11 is 0. The molecule has 0 saturated carbocycles. The molecule has 0 fully saturated rings. The third-order valence-electron chi connectivity index (χ3n) is 2.45. The van der Waals surface area contributed by atoms with Crippen LogP contribution >= 0.6 is 0 Å². The van der Waals surface area contributed by atoms with Gasteiger partial charge in [0.05, 0.1) is 6.61 Å².